The molecule has 16 heavy (non-hydrogen) atoms. The highest BCUT2D eigenvalue weighted by Gasteiger charge is 2.16. The second kappa shape index (κ2) is 4.74. The average molecular weight is 239 g/mol. The third-order valence-corrected chi connectivity index (χ3v) is 3.64. The molecular weight excluding hydrogens is 226 g/mol. The zero-order valence-electron chi connectivity index (χ0n) is 8.88. The predicted octanol–water partition coefficient (Wildman–Crippen LogP) is 2.01. The summed E-state index contributed by atoms with van der Waals surface area (Å²) >= 11 is 1.49. The van der Waals surface area contributed by atoms with Crippen LogP contribution in [0.3, 0.4) is 0 Å². The largest absolute Gasteiger partial charge is 0.420 e. The van der Waals surface area contributed by atoms with Crippen molar-refractivity contribution in [1.29, 1.82) is 0 Å². The maximum absolute atomic E-state index is 11.6. The van der Waals surface area contributed by atoms with Crippen molar-refractivity contribution in [3.8, 4) is 0 Å². The highest BCUT2D eigenvalue weighted by molar-refractivity contribution is 7.99. The Morgan fingerprint density at radius 2 is 2.06 bits per heavy atom. The summed E-state index contributed by atoms with van der Waals surface area (Å²) in [6.45, 7) is 3.89. The van der Waals surface area contributed by atoms with Crippen molar-refractivity contribution < 1.29 is 4.42 Å². The van der Waals surface area contributed by atoms with E-state index < -0.39 is 11.4 Å². The molecule has 0 amide bonds. The van der Waals surface area contributed by atoms with Gasteiger partial charge >= 0.3 is 11.4 Å². The van der Waals surface area contributed by atoms with Gasteiger partial charge in [-0.2, -0.15) is 0 Å². The highest BCUT2D eigenvalue weighted by atomic mass is 32.2. The van der Waals surface area contributed by atoms with Gasteiger partial charge in [0.25, 0.3) is 0 Å². The zero-order chi connectivity index (χ0) is 11.5. The van der Waals surface area contributed by atoms with Gasteiger partial charge in [-0.05, 0) is 30.6 Å². The smallest absolute Gasteiger partial charge is 0.372 e. The minimum Gasteiger partial charge on any atom is -0.372 e. The molecule has 86 valence electrons. The number of hydrogen-bond acceptors (Lipinski definition) is 4. The summed E-state index contributed by atoms with van der Waals surface area (Å²) in [7, 11) is 0. The normalized spacial score (nSPS) is 17.1. The highest BCUT2D eigenvalue weighted by Crippen LogP contribution is 2.28. The molecule has 1 aliphatic rings. The summed E-state index contributed by atoms with van der Waals surface area (Å²) in [6, 6.07) is 0. The van der Waals surface area contributed by atoms with Gasteiger partial charge in [-0.1, -0.05) is 13.0 Å². The average Bonchev–Trinajstić information content (AvgIpc) is 2.29. The van der Waals surface area contributed by atoms with Gasteiger partial charge in [-0.3, -0.25) is 4.98 Å². The molecular formula is C11H13NO3S. The number of aromatic amines is 1. The van der Waals surface area contributed by atoms with Gasteiger partial charge in [0.15, 0.2) is 0 Å². The van der Waals surface area contributed by atoms with Crippen LogP contribution in [0.1, 0.15) is 31.2 Å². The van der Waals surface area contributed by atoms with Crippen molar-refractivity contribution in [2.24, 2.45) is 0 Å². The molecule has 4 nitrogen and oxygen atoms in total. The first kappa shape index (κ1) is 11.3. The monoisotopic (exact) mass is 239 g/mol. The predicted molar refractivity (Wildman–Crippen MR) is 63.8 cm³/mol. The fourth-order valence-electron chi connectivity index (χ4n) is 1.74. The third-order valence-electron chi connectivity index (χ3n) is 2.56. The molecule has 0 saturated carbocycles. The topological polar surface area (TPSA) is 63.1 Å². The van der Waals surface area contributed by atoms with E-state index in [1.807, 2.05) is 0 Å². The Labute approximate surface area is 96.8 Å². The van der Waals surface area contributed by atoms with E-state index in [0.29, 0.717) is 10.6 Å². The lowest BCUT2D eigenvalue weighted by molar-refractivity contribution is 0.436. The summed E-state index contributed by atoms with van der Waals surface area (Å²) in [5.74, 6) is 0.211. The van der Waals surface area contributed by atoms with Crippen LogP contribution >= 0.6 is 11.8 Å². The van der Waals surface area contributed by atoms with Crippen LogP contribution in [0, 0.1) is 0 Å². The lowest BCUT2D eigenvalue weighted by atomic mass is 10.0. The molecule has 1 aromatic heterocycles. The summed E-state index contributed by atoms with van der Waals surface area (Å²) in [4.78, 5) is 25.3. The maximum atomic E-state index is 11.6. The van der Waals surface area contributed by atoms with Crippen molar-refractivity contribution in [3.05, 3.63) is 33.1 Å². The zero-order valence-corrected chi connectivity index (χ0v) is 9.69. The van der Waals surface area contributed by atoms with Crippen molar-refractivity contribution in [2.45, 2.75) is 30.7 Å². The van der Waals surface area contributed by atoms with E-state index in [9.17, 15) is 9.59 Å². The van der Waals surface area contributed by atoms with E-state index in [1.165, 1.54) is 11.8 Å². The molecule has 2 rings (SSSR count). The van der Waals surface area contributed by atoms with Crippen molar-refractivity contribution >= 4 is 17.3 Å². The Bertz CT molecular complexity index is 515. The second-order valence-corrected chi connectivity index (χ2v) is 4.87. The van der Waals surface area contributed by atoms with Crippen LogP contribution in [-0.4, -0.2) is 10.7 Å². The number of fused-ring (bicyclic) bond motifs is 1. The number of thioether (sulfide) groups is 1. The number of rotatable bonds is 0. The summed E-state index contributed by atoms with van der Waals surface area (Å²) < 4.78 is 4.54. The number of hydrogen-bond donors (Lipinski definition) is 1. The molecule has 2 heterocycles. The van der Waals surface area contributed by atoms with Crippen LogP contribution in [0.25, 0.3) is 5.57 Å². The number of nitrogens with one attached hydrogen (secondary N) is 1. The van der Waals surface area contributed by atoms with Gasteiger partial charge in [0, 0.05) is 0 Å². The summed E-state index contributed by atoms with van der Waals surface area (Å²) in [5, 5.41) is 0.605. The van der Waals surface area contributed by atoms with Crippen LogP contribution < -0.4 is 11.4 Å². The molecule has 0 radical (unpaired) electrons. The molecule has 0 bridgehead atoms. The quantitative estimate of drug-likeness (QED) is 0.752. The van der Waals surface area contributed by atoms with Crippen LogP contribution in [-0.2, 0) is 0 Å². The van der Waals surface area contributed by atoms with Gasteiger partial charge in [0.2, 0.25) is 0 Å². The van der Waals surface area contributed by atoms with E-state index in [1.54, 1.807) is 0 Å². The van der Waals surface area contributed by atoms with Crippen molar-refractivity contribution in [2.75, 3.05) is 5.75 Å². The Balaban J connectivity index is 2.54. The van der Waals surface area contributed by atoms with Crippen molar-refractivity contribution in [1.82, 2.24) is 4.98 Å². The number of aromatic nitrogens is 1. The Morgan fingerprint density at radius 3 is 2.88 bits per heavy atom. The first-order chi connectivity index (χ1) is 7.68. The maximum Gasteiger partial charge on any atom is 0.420 e. The van der Waals surface area contributed by atoms with Crippen molar-refractivity contribution in [3.63, 3.8) is 0 Å². The molecule has 0 fully saturated rings. The van der Waals surface area contributed by atoms with Crippen LogP contribution in [0.5, 0.6) is 0 Å². The SMILES string of the molecule is C=C1CCCCCSc2[nH]c(=O)oc(=O)c21. The third kappa shape index (κ3) is 2.29. The van der Waals surface area contributed by atoms with Crippen LogP contribution in [0.2, 0.25) is 0 Å². The Kier molecular flexibility index (Phi) is 3.33. The van der Waals surface area contributed by atoms with Gasteiger partial charge in [0.05, 0.1) is 10.6 Å². The minimum absolute atomic E-state index is 0.450. The van der Waals surface area contributed by atoms with E-state index in [0.717, 1.165) is 37.0 Å². The lowest BCUT2D eigenvalue weighted by Crippen LogP contribution is -2.19. The van der Waals surface area contributed by atoms with Crippen LogP contribution in [0.4, 0.5) is 0 Å². The van der Waals surface area contributed by atoms with E-state index in [-0.39, 0.29) is 0 Å². The van der Waals surface area contributed by atoms with E-state index in [2.05, 4.69) is 16.0 Å². The molecule has 0 saturated heterocycles. The number of allylic oxidation sites excluding steroid dienone is 1. The van der Waals surface area contributed by atoms with E-state index >= 15 is 0 Å². The molecule has 1 aromatic rings. The fraction of sp³-hybridized carbons (Fsp3) is 0.455. The van der Waals surface area contributed by atoms with Gasteiger partial charge in [-0.25, -0.2) is 9.59 Å². The van der Waals surface area contributed by atoms with Gasteiger partial charge in [0.1, 0.15) is 0 Å². The minimum atomic E-state index is -0.691. The second-order valence-electron chi connectivity index (χ2n) is 3.77. The molecule has 0 aromatic carbocycles. The molecule has 0 unspecified atom stereocenters. The molecule has 1 N–H and O–H groups in total. The Morgan fingerprint density at radius 1 is 1.25 bits per heavy atom. The summed E-state index contributed by atoms with van der Waals surface area (Å²) in [6.07, 6.45) is 4.01. The Hall–Kier alpha value is -1.23. The molecule has 0 atom stereocenters. The van der Waals surface area contributed by atoms with Crippen LogP contribution in [0.15, 0.2) is 25.6 Å². The first-order valence-corrected chi connectivity index (χ1v) is 6.25. The standard InChI is InChI=1S/C11H13NO3S/c1-7-5-3-2-4-6-16-9-8(7)10(13)15-11(14)12-9/h1-6H2,(H,12,14). The van der Waals surface area contributed by atoms with E-state index in [4.69, 9.17) is 0 Å². The molecule has 0 aliphatic carbocycles. The lowest BCUT2D eigenvalue weighted by Gasteiger charge is -2.06. The summed E-state index contributed by atoms with van der Waals surface area (Å²) in [5.41, 5.74) is 0.638. The molecule has 5 heteroatoms. The first-order valence-electron chi connectivity index (χ1n) is 5.27. The van der Waals surface area contributed by atoms with Gasteiger partial charge < -0.3 is 4.42 Å². The molecule has 1 aliphatic heterocycles. The molecule has 0 spiro atoms. The van der Waals surface area contributed by atoms with Gasteiger partial charge in [-0.15, -0.1) is 11.8 Å². The fourth-order valence-corrected chi connectivity index (χ4v) is 2.82. The number of H-pyrrole nitrogens is 1.